The van der Waals surface area contributed by atoms with Crippen LogP contribution in [-0.4, -0.2) is 20.2 Å². The van der Waals surface area contributed by atoms with Crippen molar-refractivity contribution in [3.8, 4) is 0 Å². The second-order valence-corrected chi connectivity index (χ2v) is 1.96. The molecule has 0 atom stereocenters. The fourth-order valence-electron chi connectivity index (χ4n) is 0.562. The molecule has 0 aromatic heterocycles. The van der Waals surface area contributed by atoms with Gasteiger partial charge in [0.1, 0.15) is 12.4 Å². The molecule has 64 valence electrons. The summed E-state index contributed by atoms with van der Waals surface area (Å²) < 4.78 is 5.28. The molecule has 0 aliphatic rings. The molecule has 0 spiro atoms. The summed E-state index contributed by atoms with van der Waals surface area (Å²) in [6.07, 6.45) is 5.12. The van der Waals surface area contributed by atoms with Crippen LogP contribution >= 0.6 is 0 Å². The van der Waals surface area contributed by atoms with Gasteiger partial charge in [-0.1, -0.05) is 19.2 Å². The van der Waals surface area contributed by atoms with Crippen molar-refractivity contribution in [1.29, 1.82) is 0 Å². The maximum absolute atomic E-state index is 5.28. The number of hydrogen-bond acceptors (Lipinski definition) is 2. The number of ether oxygens (including phenoxy) is 1. The van der Waals surface area contributed by atoms with Gasteiger partial charge < -0.3 is 10.1 Å². The van der Waals surface area contributed by atoms with Crippen LogP contribution in [0.4, 0.5) is 0 Å². The summed E-state index contributed by atoms with van der Waals surface area (Å²) in [4.78, 5) is 0. The Kier molecular flexibility index (Phi) is 6.43. The molecule has 0 aliphatic carbocycles. The van der Waals surface area contributed by atoms with E-state index in [4.69, 9.17) is 4.74 Å². The van der Waals surface area contributed by atoms with E-state index in [2.05, 4.69) is 18.5 Å². The zero-order chi connectivity index (χ0) is 8.53. The summed E-state index contributed by atoms with van der Waals surface area (Å²) in [5.74, 6) is 0.759. The largest absolute Gasteiger partial charge is 0.492 e. The highest BCUT2D eigenvalue weighted by Gasteiger charge is 1.88. The Morgan fingerprint density at radius 3 is 2.82 bits per heavy atom. The van der Waals surface area contributed by atoms with Gasteiger partial charge in [-0.2, -0.15) is 0 Å². The predicted molar refractivity (Wildman–Crippen MR) is 50.5 cm³/mol. The first-order valence-electron chi connectivity index (χ1n) is 3.57. The molecule has 1 N–H and O–H groups in total. The van der Waals surface area contributed by atoms with Crippen molar-refractivity contribution in [3.63, 3.8) is 0 Å². The molecule has 0 saturated carbocycles. The highest BCUT2D eigenvalue weighted by molar-refractivity contribution is 5.14. The van der Waals surface area contributed by atoms with Gasteiger partial charge in [0.2, 0.25) is 0 Å². The molecule has 0 heterocycles. The van der Waals surface area contributed by atoms with Crippen LogP contribution in [0.2, 0.25) is 0 Å². The molecule has 0 unspecified atom stereocenters. The third kappa shape index (κ3) is 5.43. The number of likely N-dealkylation sites (N-methyl/N-ethyl adjacent to an activating group) is 1. The monoisotopic (exact) mass is 155 g/mol. The van der Waals surface area contributed by atoms with Crippen molar-refractivity contribution < 1.29 is 6.16 Å². The van der Waals surface area contributed by atoms with Crippen LogP contribution in [0, 0.1) is 0 Å². The lowest BCUT2D eigenvalue weighted by Gasteiger charge is -2.04. The smallest absolute Gasteiger partial charge is 0.118 e. The second kappa shape index (κ2) is 7.09. The normalized spacial score (nSPS) is 10.8. The molecule has 2 heteroatoms. The lowest BCUT2D eigenvalue weighted by molar-refractivity contribution is 0.227. The predicted octanol–water partition coefficient (Wildman–Crippen LogP) is 1.72. The molecular weight excluding hydrogens is 138 g/mol. The number of nitrogens with one attached hydrogen (secondary N) is 1. The second-order valence-electron chi connectivity index (χ2n) is 1.96. The quantitative estimate of drug-likeness (QED) is 0.358. The van der Waals surface area contributed by atoms with Gasteiger partial charge in [0.25, 0.3) is 0 Å². The summed E-state index contributed by atoms with van der Waals surface area (Å²) in [5, 5.41) is 2.98. The van der Waals surface area contributed by atoms with E-state index in [1.165, 1.54) is 0 Å². The third-order valence-corrected chi connectivity index (χ3v) is 1.10. The molecule has 0 bridgehead atoms. The van der Waals surface area contributed by atoms with E-state index in [-0.39, 0.29) is 1.43 Å². The molecule has 0 rings (SSSR count). The van der Waals surface area contributed by atoms with E-state index in [1.807, 2.05) is 7.05 Å². The Hall–Kier alpha value is -1.02. The van der Waals surface area contributed by atoms with Crippen LogP contribution in [0.3, 0.4) is 0 Å². The summed E-state index contributed by atoms with van der Waals surface area (Å²) in [7, 11) is 1.88. The number of hydrogen-bond donors (Lipinski definition) is 1. The summed E-state index contributed by atoms with van der Waals surface area (Å²) >= 11 is 0. The minimum Gasteiger partial charge on any atom is -0.492 e. The van der Waals surface area contributed by atoms with Gasteiger partial charge in [0.05, 0.1) is 0 Å². The van der Waals surface area contributed by atoms with Gasteiger partial charge in [-0.05, 0) is 19.2 Å². The Morgan fingerprint density at radius 1 is 1.64 bits per heavy atom. The Labute approximate surface area is 69.7 Å². The van der Waals surface area contributed by atoms with E-state index < -0.39 is 0 Å². The van der Waals surface area contributed by atoms with E-state index in [9.17, 15) is 0 Å². The first-order valence-corrected chi connectivity index (χ1v) is 3.57. The number of allylic oxidation sites excluding steroid dienone is 3. The lowest BCUT2D eigenvalue weighted by atomic mass is 10.4. The Balaban J connectivity index is 0. The van der Waals surface area contributed by atoms with Crippen LogP contribution in [0.25, 0.3) is 0 Å². The van der Waals surface area contributed by atoms with Gasteiger partial charge in [-0.25, -0.2) is 0 Å². The van der Waals surface area contributed by atoms with Crippen molar-refractivity contribution in [3.05, 3.63) is 37.1 Å². The maximum atomic E-state index is 5.28. The lowest BCUT2D eigenvalue weighted by Crippen LogP contribution is -2.13. The molecule has 11 heavy (non-hydrogen) atoms. The van der Waals surface area contributed by atoms with Crippen LogP contribution < -0.4 is 5.32 Å². The van der Waals surface area contributed by atoms with Gasteiger partial charge in [0, 0.05) is 7.97 Å². The fourth-order valence-corrected chi connectivity index (χ4v) is 0.562. The minimum atomic E-state index is 0. The zero-order valence-electron chi connectivity index (χ0n) is 6.97. The average Bonchev–Trinajstić information content (AvgIpc) is 2.03. The average molecular weight is 155 g/mol. The van der Waals surface area contributed by atoms with Gasteiger partial charge in [-0.3, -0.25) is 0 Å². The van der Waals surface area contributed by atoms with E-state index in [0.29, 0.717) is 6.61 Å². The highest BCUT2D eigenvalue weighted by atomic mass is 16.5. The molecule has 0 radical (unpaired) electrons. The van der Waals surface area contributed by atoms with Gasteiger partial charge in [0.15, 0.2) is 0 Å². The molecule has 2 nitrogen and oxygen atoms in total. The highest BCUT2D eigenvalue weighted by Crippen LogP contribution is 1.97. The summed E-state index contributed by atoms with van der Waals surface area (Å²) in [6, 6.07) is 0. The van der Waals surface area contributed by atoms with Crippen molar-refractivity contribution in [2.45, 2.75) is 0 Å². The fraction of sp³-hybridized carbons (Fsp3) is 0.333. The van der Waals surface area contributed by atoms with Crippen molar-refractivity contribution in [2.75, 3.05) is 20.2 Å². The maximum Gasteiger partial charge on any atom is 0.118 e. The summed E-state index contributed by atoms with van der Waals surface area (Å²) in [5.41, 5.74) is 0. The van der Waals surface area contributed by atoms with E-state index >= 15 is 0 Å². The third-order valence-electron chi connectivity index (χ3n) is 1.10. The van der Waals surface area contributed by atoms with Crippen molar-refractivity contribution in [1.82, 2.24) is 5.32 Å². The molecule has 0 aliphatic heterocycles. The molecular formula is C9H17NO. The molecule has 0 fully saturated rings. The first-order chi connectivity index (χ1) is 5.35. The molecule has 0 aromatic carbocycles. The van der Waals surface area contributed by atoms with E-state index in [0.717, 1.165) is 12.3 Å². The molecule has 0 aromatic rings. The minimum absolute atomic E-state index is 0. The van der Waals surface area contributed by atoms with Crippen molar-refractivity contribution in [2.24, 2.45) is 0 Å². The number of rotatable bonds is 6. The van der Waals surface area contributed by atoms with Crippen LogP contribution in [-0.2, 0) is 4.74 Å². The van der Waals surface area contributed by atoms with Crippen LogP contribution in [0.15, 0.2) is 37.1 Å². The first kappa shape index (κ1) is 9.98. The summed E-state index contributed by atoms with van der Waals surface area (Å²) in [6.45, 7) is 8.64. The topological polar surface area (TPSA) is 21.3 Å². The Morgan fingerprint density at radius 2 is 2.36 bits per heavy atom. The van der Waals surface area contributed by atoms with Crippen LogP contribution in [0.1, 0.15) is 1.43 Å². The SMILES string of the molecule is C=C/C=C(\C=C)OCCNC.[HH]. The van der Waals surface area contributed by atoms with Gasteiger partial charge >= 0.3 is 0 Å². The van der Waals surface area contributed by atoms with Crippen molar-refractivity contribution >= 4 is 0 Å². The molecule has 0 saturated heterocycles. The standard InChI is InChI=1S/C9H15NO.H2/c1-4-6-9(5-2)11-8-7-10-3;/h4-6,10H,1-2,7-8H2,3H3;1H/b9-6+;. The van der Waals surface area contributed by atoms with Gasteiger partial charge in [-0.15, -0.1) is 0 Å². The van der Waals surface area contributed by atoms with E-state index in [1.54, 1.807) is 18.2 Å². The zero-order valence-corrected chi connectivity index (χ0v) is 6.97. The molecule has 0 amide bonds. The Bertz CT molecular complexity index is 155. The van der Waals surface area contributed by atoms with Crippen LogP contribution in [0.5, 0.6) is 0 Å².